The Morgan fingerprint density at radius 1 is 1.10 bits per heavy atom. The molecule has 2 heterocycles. The van der Waals surface area contributed by atoms with Gasteiger partial charge in [-0.15, -0.1) is 11.3 Å². The maximum Gasteiger partial charge on any atom is 0.250 e. The van der Waals surface area contributed by atoms with Crippen LogP contribution in [0.2, 0.25) is 0 Å². The fraction of sp³-hybridized carbons (Fsp3) is 0.385. The highest BCUT2D eigenvalue weighted by atomic mass is 32.1. The number of nitrogens with zero attached hydrogens (tertiary/aromatic N) is 4. The summed E-state index contributed by atoms with van der Waals surface area (Å²) in [6, 6.07) is 4.02. The number of nitrogens with one attached hydrogen (secondary N) is 3. The van der Waals surface area contributed by atoms with Gasteiger partial charge in [0, 0.05) is 18.0 Å². The maximum atomic E-state index is 4.31. The van der Waals surface area contributed by atoms with E-state index in [9.17, 15) is 0 Å². The van der Waals surface area contributed by atoms with Gasteiger partial charge < -0.3 is 10.6 Å². The van der Waals surface area contributed by atoms with Crippen LogP contribution >= 0.6 is 11.3 Å². The van der Waals surface area contributed by atoms with Crippen molar-refractivity contribution in [1.82, 2.24) is 15.0 Å². The number of hydrazone groups is 1. The fourth-order valence-corrected chi connectivity index (χ4v) is 2.25. The second-order valence-corrected chi connectivity index (χ2v) is 5.10. The molecule has 0 spiro atoms. The van der Waals surface area contributed by atoms with Gasteiger partial charge in [-0.1, -0.05) is 6.07 Å². The Kier molecular flexibility index (Phi) is 5.44. The van der Waals surface area contributed by atoms with Crippen molar-refractivity contribution in [2.24, 2.45) is 5.10 Å². The van der Waals surface area contributed by atoms with Crippen molar-refractivity contribution in [3.05, 3.63) is 22.4 Å². The van der Waals surface area contributed by atoms with Gasteiger partial charge in [0.2, 0.25) is 17.8 Å². The number of aromatic nitrogens is 3. The highest BCUT2D eigenvalue weighted by Crippen LogP contribution is 2.12. The smallest absolute Gasteiger partial charge is 0.250 e. The number of rotatable bonds is 7. The third-order valence-electron chi connectivity index (χ3n) is 2.51. The lowest BCUT2D eigenvalue weighted by Crippen LogP contribution is -2.11. The molecule has 0 aliphatic rings. The summed E-state index contributed by atoms with van der Waals surface area (Å²) in [5, 5.41) is 12.5. The second-order valence-electron chi connectivity index (χ2n) is 4.15. The van der Waals surface area contributed by atoms with Crippen molar-refractivity contribution in [2.75, 3.05) is 29.1 Å². The van der Waals surface area contributed by atoms with Crippen LogP contribution in [0.3, 0.4) is 0 Å². The van der Waals surface area contributed by atoms with Gasteiger partial charge in [0.15, 0.2) is 0 Å². The minimum Gasteiger partial charge on any atom is -0.354 e. The normalized spacial score (nSPS) is 11.3. The fourth-order valence-electron chi connectivity index (χ4n) is 1.57. The van der Waals surface area contributed by atoms with Crippen LogP contribution in [0.1, 0.15) is 25.6 Å². The van der Waals surface area contributed by atoms with E-state index in [2.05, 4.69) is 36.1 Å². The zero-order valence-corrected chi connectivity index (χ0v) is 13.2. The van der Waals surface area contributed by atoms with Crippen molar-refractivity contribution in [2.45, 2.75) is 20.8 Å². The first-order valence-corrected chi connectivity index (χ1v) is 7.68. The number of thiophene rings is 1. The first kappa shape index (κ1) is 15.2. The molecule has 0 saturated carbocycles. The largest absolute Gasteiger partial charge is 0.354 e. The van der Waals surface area contributed by atoms with Gasteiger partial charge in [-0.25, -0.2) is 5.43 Å². The zero-order valence-electron chi connectivity index (χ0n) is 12.3. The summed E-state index contributed by atoms with van der Waals surface area (Å²) < 4.78 is 0. The molecule has 0 atom stereocenters. The lowest BCUT2D eigenvalue weighted by atomic mass is 10.3. The average Bonchev–Trinajstić information content (AvgIpc) is 2.99. The minimum atomic E-state index is 0.410. The number of hydrogen-bond donors (Lipinski definition) is 3. The minimum absolute atomic E-state index is 0.410. The summed E-state index contributed by atoms with van der Waals surface area (Å²) in [5.41, 5.74) is 3.77. The molecule has 2 aromatic rings. The third-order valence-corrected chi connectivity index (χ3v) is 3.49. The highest BCUT2D eigenvalue weighted by molar-refractivity contribution is 7.12. The van der Waals surface area contributed by atoms with E-state index in [1.165, 1.54) is 0 Å². The van der Waals surface area contributed by atoms with Crippen LogP contribution in [0.15, 0.2) is 22.6 Å². The summed E-state index contributed by atoms with van der Waals surface area (Å²) in [7, 11) is 0. The van der Waals surface area contributed by atoms with E-state index in [1.54, 1.807) is 11.3 Å². The van der Waals surface area contributed by atoms with E-state index in [4.69, 9.17) is 0 Å². The molecule has 0 bridgehead atoms. The molecule has 21 heavy (non-hydrogen) atoms. The standard InChI is InChI=1S/C13H19N7S/c1-4-14-11-16-12(15-5-2)18-13(17-11)20-19-9(3)10-7-6-8-21-10/h6-8H,4-5H2,1-3H3,(H3,14,15,16,17,18,20)/b19-9+. The Morgan fingerprint density at radius 2 is 1.71 bits per heavy atom. The Labute approximate surface area is 127 Å². The van der Waals surface area contributed by atoms with E-state index < -0.39 is 0 Å². The molecular weight excluding hydrogens is 286 g/mol. The van der Waals surface area contributed by atoms with Crippen molar-refractivity contribution >= 4 is 34.9 Å². The van der Waals surface area contributed by atoms with Crippen LogP contribution in [0.5, 0.6) is 0 Å². The summed E-state index contributed by atoms with van der Waals surface area (Å²) in [6.07, 6.45) is 0. The quantitative estimate of drug-likeness (QED) is 0.538. The van der Waals surface area contributed by atoms with Crippen LogP contribution in [0.4, 0.5) is 17.8 Å². The topological polar surface area (TPSA) is 87.1 Å². The molecule has 3 N–H and O–H groups in total. The Bertz CT molecular complexity index is 570. The predicted octanol–water partition coefficient (Wildman–Crippen LogP) is 2.63. The summed E-state index contributed by atoms with van der Waals surface area (Å²) in [4.78, 5) is 13.9. The molecule has 0 radical (unpaired) electrons. The first-order chi connectivity index (χ1) is 10.2. The van der Waals surface area contributed by atoms with E-state index in [-0.39, 0.29) is 0 Å². The van der Waals surface area contributed by atoms with Crippen LogP contribution < -0.4 is 16.1 Å². The third kappa shape index (κ3) is 4.38. The molecule has 2 aromatic heterocycles. The van der Waals surface area contributed by atoms with Gasteiger partial charge in [-0.2, -0.15) is 20.1 Å². The van der Waals surface area contributed by atoms with E-state index in [0.29, 0.717) is 17.8 Å². The van der Waals surface area contributed by atoms with Gasteiger partial charge in [0.1, 0.15) is 0 Å². The van der Waals surface area contributed by atoms with Gasteiger partial charge in [0.05, 0.1) is 5.71 Å². The molecule has 8 heteroatoms. The molecule has 0 aromatic carbocycles. The number of hydrogen-bond acceptors (Lipinski definition) is 8. The molecule has 0 saturated heterocycles. The lowest BCUT2D eigenvalue weighted by Gasteiger charge is -2.08. The van der Waals surface area contributed by atoms with Crippen LogP contribution in [-0.4, -0.2) is 33.8 Å². The van der Waals surface area contributed by atoms with Gasteiger partial charge in [-0.3, -0.25) is 0 Å². The molecular formula is C13H19N7S. The Morgan fingerprint density at radius 3 is 2.24 bits per heavy atom. The number of anilines is 3. The Hall–Kier alpha value is -2.22. The van der Waals surface area contributed by atoms with Crippen LogP contribution in [-0.2, 0) is 0 Å². The molecule has 2 rings (SSSR count). The summed E-state index contributed by atoms with van der Waals surface area (Å²) >= 11 is 1.64. The maximum absolute atomic E-state index is 4.31. The molecule has 7 nitrogen and oxygen atoms in total. The molecule has 0 aliphatic heterocycles. The van der Waals surface area contributed by atoms with Crippen molar-refractivity contribution < 1.29 is 0 Å². The van der Waals surface area contributed by atoms with Crippen LogP contribution in [0.25, 0.3) is 0 Å². The van der Waals surface area contributed by atoms with Crippen molar-refractivity contribution in [3.8, 4) is 0 Å². The van der Waals surface area contributed by atoms with Crippen LogP contribution in [0, 0.1) is 0 Å². The molecule has 112 valence electrons. The Balaban J connectivity index is 2.16. The molecule has 0 unspecified atom stereocenters. The highest BCUT2D eigenvalue weighted by Gasteiger charge is 2.05. The summed E-state index contributed by atoms with van der Waals surface area (Å²) in [5.74, 6) is 1.46. The average molecular weight is 305 g/mol. The second kappa shape index (κ2) is 7.53. The summed E-state index contributed by atoms with van der Waals surface area (Å²) in [6.45, 7) is 7.40. The molecule has 0 aliphatic carbocycles. The van der Waals surface area contributed by atoms with Gasteiger partial charge in [-0.05, 0) is 32.2 Å². The van der Waals surface area contributed by atoms with E-state index in [1.807, 2.05) is 38.3 Å². The molecule has 0 fully saturated rings. The zero-order chi connectivity index (χ0) is 15.1. The van der Waals surface area contributed by atoms with E-state index >= 15 is 0 Å². The lowest BCUT2D eigenvalue weighted by molar-refractivity contribution is 0.991. The van der Waals surface area contributed by atoms with Crippen molar-refractivity contribution in [1.29, 1.82) is 0 Å². The monoisotopic (exact) mass is 305 g/mol. The predicted molar refractivity (Wildman–Crippen MR) is 88.3 cm³/mol. The van der Waals surface area contributed by atoms with Crippen molar-refractivity contribution in [3.63, 3.8) is 0 Å². The SMILES string of the molecule is CCNc1nc(NCC)nc(N/N=C(\C)c2cccs2)n1. The first-order valence-electron chi connectivity index (χ1n) is 6.81. The van der Waals surface area contributed by atoms with Gasteiger partial charge >= 0.3 is 0 Å². The molecule has 0 amide bonds. The van der Waals surface area contributed by atoms with E-state index in [0.717, 1.165) is 23.7 Å². The van der Waals surface area contributed by atoms with Gasteiger partial charge in [0.25, 0.3) is 0 Å².